The number of hydrogen-bond donors (Lipinski definition) is 0. The van der Waals surface area contributed by atoms with Gasteiger partial charge in [0.15, 0.2) is 0 Å². The minimum Gasteiger partial charge on any atom is -0.256 e. The minimum atomic E-state index is 0.416. The van der Waals surface area contributed by atoms with Crippen LogP contribution in [-0.2, 0) is 0 Å². The third-order valence-electron chi connectivity index (χ3n) is 2.09. The first-order valence-corrected chi connectivity index (χ1v) is 5.17. The van der Waals surface area contributed by atoms with Crippen molar-refractivity contribution >= 4 is 23.2 Å². The van der Waals surface area contributed by atoms with Gasteiger partial charge in [0.1, 0.15) is 5.15 Å². The molecule has 0 aliphatic rings. The summed E-state index contributed by atoms with van der Waals surface area (Å²) in [5.74, 6) is 0. The van der Waals surface area contributed by atoms with Gasteiger partial charge in [0.25, 0.3) is 0 Å². The van der Waals surface area contributed by atoms with Gasteiger partial charge in [-0.25, -0.2) is 4.98 Å². The van der Waals surface area contributed by atoms with Gasteiger partial charge < -0.3 is 0 Å². The zero-order valence-electron chi connectivity index (χ0n) is 8.04. The second kappa shape index (κ2) is 4.17. The van der Waals surface area contributed by atoms with Crippen molar-refractivity contribution in [1.82, 2.24) is 9.97 Å². The monoisotopic (exact) mass is 238 g/mol. The van der Waals surface area contributed by atoms with Gasteiger partial charge in [-0.3, -0.25) is 4.98 Å². The van der Waals surface area contributed by atoms with Gasteiger partial charge in [-0.1, -0.05) is 29.3 Å². The van der Waals surface area contributed by atoms with Crippen LogP contribution in [-0.4, -0.2) is 9.97 Å². The fourth-order valence-corrected chi connectivity index (χ4v) is 1.71. The Labute approximate surface area is 97.9 Å². The predicted octanol–water partition coefficient (Wildman–Crippen LogP) is 3.76. The maximum Gasteiger partial charge on any atom is 0.129 e. The Bertz CT molecular complexity index is 498. The molecule has 4 heteroatoms. The zero-order chi connectivity index (χ0) is 10.8. The molecule has 2 aromatic heterocycles. The highest BCUT2D eigenvalue weighted by Gasteiger charge is 2.08. The zero-order valence-corrected chi connectivity index (χ0v) is 9.55. The molecule has 0 aromatic carbocycles. The summed E-state index contributed by atoms with van der Waals surface area (Å²) in [4.78, 5) is 8.18. The van der Waals surface area contributed by atoms with E-state index in [1.54, 1.807) is 12.3 Å². The summed E-state index contributed by atoms with van der Waals surface area (Å²) in [6, 6.07) is 5.59. The molecule has 0 fully saturated rings. The van der Waals surface area contributed by atoms with Crippen molar-refractivity contribution in [2.75, 3.05) is 0 Å². The van der Waals surface area contributed by atoms with Crippen LogP contribution in [0.3, 0.4) is 0 Å². The van der Waals surface area contributed by atoms with Gasteiger partial charge in [-0.2, -0.15) is 0 Å². The average Bonchev–Trinajstić information content (AvgIpc) is 2.23. The first-order valence-electron chi connectivity index (χ1n) is 4.41. The number of nitrogens with zero attached hydrogens (tertiary/aromatic N) is 2. The molecule has 2 heterocycles. The summed E-state index contributed by atoms with van der Waals surface area (Å²) < 4.78 is 0. The lowest BCUT2D eigenvalue weighted by Gasteiger charge is -2.06. The summed E-state index contributed by atoms with van der Waals surface area (Å²) in [7, 11) is 0. The van der Waals surface area contributed by atoms with Crippen LogP contribution in [0.5, 0.6) is 0 Å². The first-order chi connectivity index (χ1) is 7.18. The molecule has 0 atom stereocenters. The molecule has 15 heavy (non-hydrogen) atoms. The Balaban J connectivity index is 2.64. The van der Waals surface area contributed by atoms with Crippen molar-refractivity contribution in [2.24, 2.45) is 0 Å². The molecule has 0 saturated heterocycles. The Morgan fingerprint density at radius 1 is 1.20 bits per heavy atom. The summed E-state index contributed by atoms with van der Waals surface area (Å²) >= 11 is 11.9. The molecule has 2 aromatic rings. The average molecular weight is 239 g/mol. The summed E-state index contributed by atoms with van der Waals surface area (Å²) in [5.41, 5.74) is 2.71. The molecule has 0 unspecified atom stereocenters. The number of halogens is 2. The Morgan fingerprint density at radius 2 is 2.00 bits per heavy atom. The van der Waals surface area contributed by atoms with E-state index in [4.69, 9.17) is 23.2 Å². The van der Waals surface area contributed by atoms with Crippen molar-refractivity contribution < 1.29 is 0 Å². The van der Waals surface area contributed by atoms with Crippen LogP contribution in [0.1, 0.15) is 5.56 Å². The van der Waals surface area contributed by atoms with Crippen LogP contribution >= 0.6 is 23.2 Å². The van der Waals surface area contributed by atoms with E-state index in [9.17, 15) is 0 Å². The molecule has 0 radical (unpaired) electrons. The fraction of sp³-hybridized carbons (Fsp3) is 0.0909. The molecular formula is C11H8Cl2N2. The Morgan fingerprint density at radius 3 is 2.73 bits per heavy atom. The maximum atomic E-state index is 6.04. The van der Waals surface area contributed by atoms with E-state index in [0.717, 1.165) is 16.8 Å². The van der Waals surface area contributed by atoms with E-state index < -0.39 is 0 Å². The van der Waals surface area contributed by atoms with Crippen LogP contribution < -0.4 is 0 Å². The summed E-state index contributed by atoms with van der Waals surface area (Å²) in [6.45, 7) is 1.98. The second-order valence-electron chi connectivity index (χ2n) is 3.16. The molecule has 0 aliphatic heterocycles. The standard InChI is InChI=1S/C11H8Cl2N2/c1-7-3-2-4-14-11(7)8-5-10(13)15-6-9(8)12/h2-6H,1H3. The molecule has 0 N–H and O–H groups in total. The molecule has 76 valence electrons. The van der Waals surface area contributed by atoms with E-state index in [-0.39, 0.29) is 0 Å². The maximum absolute atomic E-state index is 6.04. The molecule has 0 amide bonds. The third kappa shape index (κ3) is 2.11. The lowest BCUT2D eigenvalue weighted by Crippen LogP contribution is -1.89. The van der Waals surface area contributed by atoms with Gasteiger partial charge in [-0.15, -0.1) is 0 Å². The van der Waals surface area contributed by atoms with Crippen LogP contribution in [0.25, 0.3) is 11.3 Å². The highest BCUT2D eigenvalue weighted by molar-refractivity contribution is 6.34. The number of rotatable bonds is 1. The lowest BCUT2D eigenvalue weighted by molar-refractivity contribution is 1.25. The van der Waals surface area contributed by atoms with E-state index in [1.807, 2.05) is 19.1 Å². The third-order valence-corrected chi connectivity index (χ3v) is 2.59. The number of pyridine rings is 2. The molecule has 2 rings (SSSR count). The van der Waals surface area contributed by atoms with Crippen molar-refractivity contribution in [3.8, 4) is 11.3 Å². The molecule has 2 nitrogen and oxygen atoms in total. The van der Waals surface area contributed by atoms with Gasteiger partial charge >= 0.3 is 0 Å². The molecule has 0 spiro atoms. The highest BCUT2D eigenvalue weighted by Crippen LogP contribution is 2.29. The molecule has 0 saturated carbocycles. The first kappa shape index (κ1) is 10.4. The summed E-state index contributed by atoms with van der Waals surface area (Å²) in [6.07, 6.45) is 3.26. The van der Waals surface area contributed by atoms with Crippen LogP contribution in [0, 0.1) is 6.92 Å². The smallest absolute Gasteiger partial charge is 0.129 e. The van der Waals surface area contributed by atoms with E-state index >= 15 is 0 Å². The van der Waals surface area contributed by atoms with E-state index in [2.05, 4.69) is 9.97 Å². The topological polar surface area (TPSA) is 25.8 Å². The van der Waals surface area contributed by atoms with Crippen molar-refractivity contribution in [3.63, 3.8) is 0 Å². The fourth-order valence-electron chi connectivity index (χ4n) is 1.36. The minimum absolute atomic E-state index is 0.416. The van der Waals surface area contributed by atoms with Gasteiger partial charge in [-0.05, 0) is 24.6 Å². The van der Waals surface area contributed by atoms with Crippen LogP contribution in [0.4, 0.5) is 0 Å². The highest BCUT2D eigenvalue weighted by atomic mass is 35.5. The second-order valence-corrected chi connectivity index (χ2v) is 3.95. The SMILES string of the molecule is Cc1cccnc1-c1cc(Cl)ncc1Cl. The van der Waals surface area contributed by atoms with Crippen molar-refractivity contribution in [3.05, 3.63) is 46.3 Å². The molecular weight excluding hydrogens is 231 g/mol. The normalized spacial score (nSPS) is 10.3. The van der Waals surface area contributed by atoms with Crippen LogP contribution in [0.15, 0.2) is 30.6 Å². The molecule has 0 bridgehead atoms. The predicted molar refractivity (Wildman–Crippen MR) is 62.2 cm³/mol. The van der Waals surface area contributed by atoms with Gasteiger partial charge in [0, 0.05) is 18.0 Å². The quantitative estimate of drug-likeness (QED) is 0.708. The summed E-state index contributed by atoms with van der Waals surface area (Å²) in [5, 5.41) is 0.973. The number of aromatic nitrogens is 2. The molecule has 0 aliphatic carbocycles. The lowest BCUT2D eigenvalue weighted by atomic mass is 10.1. The van der Waals surface area contributed by atoms with Gasteiger partial charge in [0.2, 0.25) is 0 Å². The Kier molecular flexibility index (Phi) is 2.89. The van der Waals surface area contributed by atoms with E-state index in [1.165, 1.54) is 6.20 Å². The van der Waals surface area contributed by atoms with Crippen LogP contribution in [0.2, 0.25) is 10.2 Å². The van der Waals surface area contributed by atoms with Crippen molar-refractivity contribution in [2.45, 2.75) is 6.92 Å². The number of hydrogen-bond acceptors (Lipinski definition) is 2. The largest absolute Gasteiger partial charge is 0.256 e. The van der Waals surface area contributed by atoms with Crippen molar-refractivity contribution in [1.29, 1.82) is 0 Å². The van der Waals surface area contributed by atoms with E-state index in [0.29, 0.717) is 10.2 Å². The number of aryl methyl sites for hydroxylation is 1. The Hall–Kier alpha value is -1.12. The van der Waals surface area contributed by atoms with Gasteiger partial charge in [0.05, 0.1) is 10.7 Å².